The third kappa shape index (κ3) is 4.43. The second-order valence-electron chi connectivity index (χ2n) is 7.91. The fraction of sp³-hybridized carbons (Fsp3) is 0.619. The van der Waals surface area contributed by atoms with Gasteiger partial charge in [0.1, 0.15) is 0 Å². The fourth-order valence-corrected chi connectivity index (χ4v) is 5.26. The maximum absolute atomic E-state index is 12.5. The van der Waals surface area contributed by atoms with Gasteiger partial charge in [-0.2, -0.15) is 0 Å². The molecule has 2 saturated carbocycles. The van der Waals surface area contributed by atoms with Gasteiger partial charge in [-0.1, -0.05) is 12.8 Å². The Morgan fingerprint density at radius 1 is 0.885 bits per heavy atom. The van der Waals surface area contributed by atoms with Crippen molar-refractivity contribution < 1.29 is 9.59 Å². The van der Waals surface area contributed by atoms with Gasteiger partial charge < -0.3 is 10.2 Å². The molecule has 0 spiro atoms. The van der Waals surface area contributed by atoms with Crippen LogP contribution in [0.1, 0.15) is 51.4 Å². The van der Waals surface area contributed by atoms with Crippen LogP contribution in [0.25, 0.3) is 0 Å². The third-order valence-electron chi connectivity index (χ3n) is 5.83. The van der Waals surface area contributed by atoms with Crippen molar-refractivity contribution in [3.05, 3.63) is 24.3 Å². The molecule has 0 atom stereocenters. The number of piperidine rings is 1. The SMILES string of the molecule is O=C(Nc1ccc(SC2CCCC2)cc1)C1CCN(C(=O)C2CC2)CC1. The van der Waals surface area contributed by atoms with Crippen molar-refractivity contribution in [1.82, 2.24) is 4.90 Å². The molecule has 0 aromatic heterocycles. The van der Waals surface area contributed by atoms with Crippen molar-refractivity contribution in [3.63, 3.8) is 0 Å². The van der Waals surface area contributed by atoms with Crippen LogP contribution in [0.4, 0.5) is 5.69 Å². The highest BCUT2D eigenvalue weighted by molar-refractivity contribution is 8.00. The normalized spacial score (nSPS) is 21.8. The monoisotopic (exact) mass is 372 g/mol. The zero-order valence-electron chi connectivity index (χ0n) is 15.3. The maximum atomic E-state index is 12.5. The van der Waals surface area contributed by atoms with Gasteiger partial charge in [0, 0.05) is 40.8 Å². The number of anilines is 1. The number of likely N-dealkylation sites (tertiary alicyclic amines) is 1. The van der Waals surface area contributed by atoms with E-state index >= 15 is 0 Å². The van der Waals surface area contributed by atoms with Crippen LogP contribution in [0.3, 0.4) is 0 Å². The number of nitrogens with zero attached hydrogens (tertiary/aromatic N) is 1. The Labute approximate surface area is 160 Å². The van der Waals surface area contributed by atoms with E-state index in [-0.39, 0.29) is 17.7 Å². The van der Waals surface area contributed by atoms with Gasteiger partial charge in [-0.15, -0.1) is 11.8 Å². The average Bonchev–Trinajstić information content (AvgIpc) is 3.40. The minimum absolute atomic E-state index is 0.0193. The van der Waals surface area contributed by atoms with Crippen molar-refractivity contribution in [2.45, 2.75) is 61.5 Å². The van der Waals surface area contributed by atoms with Crippen LogP contribution in [-0.4, -0.2) is 35.1 Å². The van der Waals surface area contributed by atoms with Crippen LogP contribution in [-0.2, 0) is 9.59 Å². The summed E-state index contributed by atoms with van der Waals surface area (Å²) in [5.41, 5.74) is 0.877. The first-order chi connectivity index (χ1) is 12.7. The molecule has 0 bridgehead atoms. The highest BCUT2D eigenvalue weighted by Crippen LogP contribution is 2.35. The number of hydrogen-bond donors (Lipinski definition) is 1. The summed E-state index contributed by atoms with van der Waals surface area (Å²) in [6, 6.07) is 8.27. The minimum atomic E-state index is 0.0193. The predicted octanol–water partition coefficient (Wildman–Crippen LogP) is 4.31. The molecule has 4 rings (SSSR count). The number of carbonyl (C=O) groups is 2. The lowest BCUT2D eigenvalue weighted by atomic mass is 9.95. The molecule has 4 nitrogen and oxygen atoms in total. The van der Waals surface area contributed by atoms with E-state index in [1.807, 2.05) is 28.8 Å². The van der Waals surface area contributed by atoms with Gasteiger partial charge in [0.2, 0.25) is 11.8 Å². The van der Waals surface area contributed by atoms with E-state index in [0.29, 0.717) is 5.91 Å². The lowest BCUT2D eigenvalue weighted by Crippen LogP contribution is -2.42. The summed E-state index contributed by atoms with van der Waals surface area (Å²) in [5.74, 6) is 0.700. The van der Waals surface area contributed by atoms with E-state index < -0.39 is 0 Å². The highest BCUT2D eigenvalue weighted by atomic mass is 32.2. The van der Waals surface area contributed by atoms with Gasteiger partial charge in [0.15, 0.2) is 0 Å². The smallest absolute Gasteiger partial charge is 0.227 e. The van der Waals surface area contributed by atoms with Crippen molar-refractivity contribution in [3.8, 4) is 0 Å². The topological polar surface area (TPSA) is 49.4 Å². The Hall–Kier alpha value is -1.49. The summed E-state index contributed by atoms with van der Waals surface area (Å²) in [6.07, 6.45) is 9.02. The molecular formula is C21H28N2O2S. The average molecular weight is 373 g/mol. The predicted molar refractivity (Wildman–Crippen MR) is 105 cm³/mol. The number of nitrogens with one attached hydrogen (secondary N) is 1. The van der Waals surface area contributed by atoms with Gasteiger partial charge >= 0.3 is 0 Å². The first kappa shape index (κ1) is 17.9. The molecule has 2 aliphatic carbocycles. The summed E-state index contributed by atoms with van der Waals surface area (Å²) in [4.78, 5) is 27.9. The summed E-state index contributed by atoms with van der Waals surface area (Å²) in [7, 11) is 0. The molecule has 5 heteroatoms. The minimum Gasteiger partial charge on any atom is -0.342 e. The van der Waals surface area contributed by atoms with Crippen LogP contribution in [0, 0.1) is 11.8 Å². The van der Waals surface area contributed by atoms with E-state index in [1.54, 1.807) is 0 Å². The maximum Gasteiger partial charge on any atom is 0.227 e. The van der Waals surface area contributed by atoms with E-state index in [0.717, 1.165) is 49.7 Å². The molecule has 1 heterocycles. The Morgan fingerprint density at radius 2 is 1.54 bits per heavy atom. The molecule has 140 valence electrons. The summed E-state index contributed by atoms with van der Waals surface area (Å²) in [5, 5.41) is 3.82. The van der Waals surface area contributed by atoms with Gasteiger partial charge in [0.05, 0.1) is 0 Å². The lowest BCUT2D eigenvalue weighted by molar-refractivity contribution is -0.135. The van der Waals surface area contributed by atoms with Gasteiger partial charge in [-0.05, 0) is 62.8 Å². The second kappa shape index (κ2) is 8.03. The van der Waals surface area contributed by atoms with Gasteiger partial charge in [-0.25, -0.2) is 0 Å². The molecular weight excluding hydrogens is 344 g/mol. The Balaban J connectivity index is 1.24. The second-order valence-corrected chi connectivity index (χ2v) is 9.29. The van der Waals surface area contributed by atoms with Crippen LogP contribution < -0.4 is 5.32 Å². The largest absolute Gasteiger partial charge is 0.342 e. The first-order valence-electron chi connectivity index (χ1n) is 10.1. The molecule has 1 aliphatic heterocycles. The van der Waals surface area contributed by atoms with Crippen molar-refractivity contribution in [1.29, 1.82) is 0 Å². The van der Waals surface area contributed by atoms with E-state index in [1.165, 1.54) is 30.6 Å². The van der Waals surface area contributed by atoms with E-state index in [2.05, 4.69) is 17.4 Å². The summed E-state index contributed by atoms with van der Waals surface area (Å²) >= 11 is 1.97. The molecule has 3 aliphatic rings. The van der Waals surface area contributed by atoms with Crippen LogP contribution >= 0.6 is 11.8 Å². The van der Waals surface area contributed by atoms with Crippen LogP contribution in [0.15, 0.2) is 29.2 Å². The van der Waals surface area contributed by atoms with Crippen LogP contribution in [0.5, 0.6) is 0 Å². The van der Waals surface area contributed by atoms with E-state index in [9.17, 15) is 9.59 Å². The fourth-order valence-electron chi connectivity index (χ4n) is 4.01. The molecule has 3 fully saturated rings. The number of amides is 2. The molecule has 1 N–H and O–H groups in total. The van der Waals surface area contributed by atoms with Crippen LogP contribution in [0.2, 0.25) is 0 Å². The van der Waals surface area contributed by atoms with Crippen molar-refractivity contribution in [2.24, 2.45) is 11.8 Å². The molecule has 1 aromatic rings. The molecule has 1 aromatic carbocycles. The number of carbonyl (C=O) groups excluding carboxylic acids is 2. The quantitative estimate of drug-likeness (QED) is 0.838. The highest BCUT2D eigenvalue weighted by Gasteiger charge is 2.35. The molecule has 0 radical (unpaired) electrons. The van der Waals surface area contributed by atoms with Gasteiger partial charge in [0.25, 0.3) is 0 Å². The Morgan fingerprint density at radius 3 is 2.15 bits per heavy atom. The standard InChI is InChI=1S/C21H28N2O2S/c24-20(15-11-13-23(14-12-15)21(25)16-5-6-16)22-17-7-9-19(10-8-17)26-18-3-1-2-4-18/h7-10,15-16,18H,1-6,11-14H2,(H,22,24). The third-order valence-corrected chi connectivity index (χ3v) is 7.18. The Kier molecular flexibility index (Phi) is 5.53. The Bertz CT molecular complexity index is 642. The molecule has 26 heavy (non-hydrogen) atoms. The van der Waals surface area contributed by atoms with E-state index in [4.69, 9.17) is 0 Å². The summed E-state index contributed by atoms with van der Waals surface area (Å²) in [6.45, 7) is 1.45. The van der Waals surface area contributed by atoms with Crippen molar-refractivity contribution >= 4 is 29.3 Å². The lowest BCUT2D eigenvalue weighted by Gasteiger charge is -2.31. The van der Waals surface area contributed by atoms with Crippen molar-refractivity contribution in [2.75, 3.05) is 18.4 Å². The molecule has 0 unspecified atom stereocenters. The number of benzene rings is 1. The first-order valence-corrected chi connectivity index (χ1v) is 10.9. The number of rotatable bonds is 5. The zero-order valence-corrected chi connectivity index (χ0v) is 16.1. The molecule has 2 amide bonds. The number of thioether (sulfide) groups is 1. The summed E-state index contributed by atoms with van der Waals surface area (Å²) < 4.78 is 0. The van der Waals surface area contributed by atoms with Gasteiger partial charge in [-0.3, -0.25) is 9.59 Å². The molecule has 1 saturated heterocycles. The zero-order chi connectivity index (χ0) is 17.9. The number of hydrogen-bond acceptors (Lipinski definition) is 3.